The molecule has 1 saturated heterocycles. The predicted octanol–water partition coefficient (Wildman–Crippen LogP) is -0.958. The van der Waals surface area contributed by atoms with E-state index in [-0.39, 0.29) is 24.8 Å². The van der Waals surface area contributed by atoms with Crippen LogP contribution in [0.4, 0.5) is 0 Å². The number of morpholine rings is 1. The summed E-state index contributed by atoms with van der Waals surface area (Å²) in [4.78, 5) is 2.18. The first-order chi connectivity index (χ1) is 7.19. The summed E-state index contributed by atoms with van der Waals surface area (Å²) < 4.78 is 10.5. The second-order valence-electron chi connectivity index (χ2n) is 4.05. The van der Waals surface area contributed by atoms with E-state index in [1.165, 1.54) is 0 Å². The summed E-state index contributed by atoms with van der Waals surface area (Å²) in [5.41, 5.74) is 5.95. The van der Waals surface area contributed by atoms with Gasteiger partial charge in [-0.15, -0.1) is 0 Å². The molecule has 3 N–H and O–H groups in total. The van der Waals surface area contributed by atoms with Crippen LogP contribution in [0.3, 0.4) is 0 Å². The van der Waals surface area contributed by atoms with Crippen molar-refractivity contribution in [1.29, 1.82) is 0 Å². The zero-order valence-electron chi connectivity index (χ0n) is 9.56. The van der Waals surface area contributed by atoms with Crippen molar-refractivity contribution in [1.82, 2.24) is 4.90 Å². The van der Waals surface area contributed by atoms with Crippen molar-refractivity contribution >= 4 is 0 Å². The highest BCUT2D eigenvalue weighted by molar-refractivity contribution is 4.84. The molecule has 0 saturated carbocycles. The van der Waals surface area contributed by atoms with Gasteiger partial charge in [0.25, 0.3) is 0 Å². The molecule has 15 heavy (non-hydrogen) atoms. The lowest BCUT2D eigenvalue weighted by molar-refractivity contribution is -0.0506. The Morgan fingerprint density at radius 1 is 1.67 bits per heavy atom. The van der Waals surface area contributed by atoms with E-state index in [0.717, 1.165) is 13.1 Å². The Hall–Kier alpha value is -0.200. The summed E-state index contributed by atoms with van der Waals surface area (Å²) in [7, 11) is 1.62. The summed E-state index contributed by atoms with van der Waals surface area (Å²) in [6, 6.07) is -0.179. The molecule has 1 fully saturated rings. The molecule has 3 unspecified atom stereocenters. The molecule has 0 aromatic carbocycles. The molecule has 0 bridgehead atoms. The lowest BCUT2D eigenvalue weighted by Crippen LogP contribution is -2.56. The fraction of sp³-hybridized carbons (Fsp3) is 1.00. The molecule has 0 amide bonds. The lowest BCUT2D eigenvalue weighted by atomic mass is 10.1. The largest absolute Gasteiger partial charge is 0.395 e. The van der Waals surface area contributed by atoms with Gasteiger partial charge in [-0.1, -0.05) is 0 Å². The third-order valence-corrected chi connectivity index (χ3v) is 2.78. The van der Waals surface area contributed by atoms with Gasteiger partial charge in [0.2, 0.25) is 0 Å². The van der Waals surface area contributed by atoms with E-state index < -0.39 is 0 Å². The average Bonchev–Trinajstić information content (AvgIpc) is 2.19. The third-order valence-electron chi connectivity index (χ3n) is 2.78. The van der Waals surface area contributed by atoms with E-state index in [0.29, 0.717) is 13.2 Å². The molecule has 0 aromatic heterocycles. The Morgan fingerprint density at radius 3 is 2.93 bits per heavy atom. The van der Waals surface area contributed by atoms with Gasteiger partial charge >= 0.3 is 0 Å². The minimum Gasteiger partial charge on any atom is -0.395 e. The van der Waals surface area contributed by atoms with Crippen LogP contribution in [0.25, 0.3) is 0 Å². The standard InChI is InChI=1S/C10H22N2O3/c1-8-5-12(3-4-15-8)10(6-13)9(11)7-14-2/h8-10,13H,3-7,11H2,1-2H3. The molecule has 1 aliphatic heterocycles. The Balaban J connectivity index is 2.48. The van der Waals surface area contributed by atoms with Crippen LogP contribution in [0.1, 0.15) is 6.92 Å². The summed E-state index contributed by atoms with van der Waals surface area (Å²) >= 11 is 0. The molecular weight excluding hydrogens is 196 g/mol. The van der Waals surface area contributed by atoms with E-state index in [1.807, 2.05) is 6.92 Å². The van der Waals surface area contributed by atoms with Crippen LogP contribution in [-0.2, 0) is 9.47 Å². The van der Waals surface area contributed by atoms with E-state index in [9.17, 15) is 5.11 Å². The first-order valence-electron chi connectivity index (χ1n) is 5.40. The smallest absolute Gasteiger partial charge is 0.0674 e. The Morgan fingerprint density at radius 2 is 2.40 bits per heavy atom. The number of aliphatic hydroxyl groups is 1. The van der Waals surface area contributed by atoms with Gasteiger partial charge < -0.3 is 20.3 Å². The van der Waals surface area contributed by atoms with Crippen molar-refractivity contribution in [3.63, 3.8) is 0 Å². The van der Waals surface area contributed by atoms with Gasteiger partial charge in [-0.3, -0.25) is 4.90 Å². The molecule has 5 heteroatoms. The molecule has 0 radical (unpaired) electrons. The zero-order valence-corrected chi connectivity index (χ0v) is 9.56. The number of nitrogens with zero attached hydrogens (tertiary/aromatic N) is 1. The van der Waals surface area contributed by atoms with Gasteiger partial charge in [0.1, 0.15) is 0 Å². The molecular formula is C10H22N2O3. The summed E-state index contributed by atoms with van der Waals surface area (Å²) in [5.74, 6) is 0. The maximum atomic E-state index is 9.34. The fourth-order valence-corrected chi connectivity index (χ4v) is 1.97. The lowest BCUT2D eigenvalue weighted by Gasteiger charge is -2.38. The van der Waals surface area contributed by atoms with Crippen molar-refractivity contribution in [3.05, 3.63) is 0 Å². The Bertz CT molecular complexity index is 180. The van der Waals surface area contributed by atoms with Crippen molar-refractivity contribution in [2.45, 2.75) is 25.1 Å². The SMILES string of the molecule is COCC(N)C(CO)N1CCOC(C)C1. The molecule has 3 atom stereocenters. The Labute approximate surface area is 91.1 Å². The first-order valence-corrected chi connectivity index (χ1v) is 5.40. The van der Waals surface area contributed by atoms with Gasteiger partial charge in [0.05, 0.1) is 32.0 Å². The summed E-state index contributed by atoms with van der Waals surface area (Å²) in [6.45, 7) is 4.92. The highest BCUT2D eigenvalue weighted by atomic mass is 16.5. The second-order valence-corrected chi connectivity index (χ2v) is 4.05. The van der Waals surface area contributed by atoms with Gasteiger partial charge in [-0.05, 0) is 6.92 Å². The number of methoxy groups -OCH3 is 1. The number of aliphatic hydroxyl groups excluding tert-OH is 1. The topological polar surface area (TPSA) is 68.0 Å². The van der Waals surface area contributed by atoms with Gasteiger partial charge in [-0.2, -0.15) is 0 Å². The van der Waals surface area contributed by atoms with Crippen molar-refractivity contribution in [2.24, 2.45) is 5.73 Å². The normalized spacial score (nSPS) is 27.6. The number of nitrogens with two attached hydrogens (primary N) is 1. The van der Waals surface area contributed by atoms with E-state index >= 15 is 0 Å². The number of hydrogen-bond donors (Lipinski definition) is 2. The predicted molar refractivity (Wildman–Crippen MR) is 57.7 cm³/mol. The summed E-state index contributed by atoms with van der Waals surface area (Å²) in [6.07, 6.45) is 0.211. The quantitative estimate of drug-likeness (QED) is 0.622. The molecule has 0 aliphatic carbocycles. The van der Waals surface area contributed by atoms with Crippen molar-refractivity contribution in [3.8, 4) is 0 Å². The number of ether oxygens (including phenoxy) is 2. The highest BCUT2D eigenvalue weighted by Gasteiger charge is 2.28. The first kappa shape index (κ1) is 12.9. The fourth-order valence-electron chi connectivity index (χ4n) is 1.97. The maximum absolute atomic E-state index is 9.34. The van der Waals surface area contributed by atoms with Crippen molar-refractivity contribution in [2.75, 3.05) is 40.0 Å². The molecule has 5 nitrogen and oxygen atoms in total. The van der Waals surface area contributed by atoms with Crippen LogP contribution in [0.15, 0.2) is 0 Å². The highest BCUT2D eigenvalue weighted by Crippen LogP contribution is 2.10. The maximum Gasteiger partial charge on any atom is 0.0674 e. The van der Waals surface area contributed by atoms with Gasteiger partial charge in [0.15, 0.2) is 0 Å². The minimum atomic E-state index is -0.148. The minimum absolute atomic E-state index is 0.0312. The summed E-state index contributed by atoms with van der Waals surface area (Å²) in [5, 5.41) is 9.34. The van der Waals surface area contributed by atoms with Crippen LogP contribution >= 0.6 is 0 Å². The molecule has 0 spiro atoms. The van der Waals surface area contributed by atoms with Crippen LogP contribution in [-0.4, -0.2) is 68.2 Å². The van der Waals surface area contributed by atoms with E-state index in [2.05, 4.69) is 4.90 Å². The zero-order chi connectivity index (χ0) is 11.3. The second kappa shape index (κ2) is 6.40. The molecule has 1 heterocycles. The Kier molecular flexibility index (Phi) is 5.49. The molecule has 1 rings (SSSR count). The molecule has 1 aliphatic rings. The third kappa shape index (κ3) is 3.70. The van der Waals surface area contributed by atoms with Crippen LogP contribution < -0.4 is 5.73 Å². The number of rotatable bonds is 5. The van der Waals surface area contributed by atoms with Gasteiger partial charge in [0, 0.05) is 26.2 Å². The van der Waals surface area contributed by atoms with Crippen molar-refractivity contribution < 1.29 is 14.6 Å². The van der Waals surface area contributed by atoms with E-state index in [4.69, 9.17) is 15.2 Å². The molecule has 90 valence electrons. The number of hydrogen-bond acceptors (Lipinski definition) is 5. The van der Waals surface area contributed by atoms with Crippen LogP contribution in [0, 0.1) is 0 Å². The average molecular weight is 218 g/mol. The monoisotopic (exact) mass is 218 g/mol. The van der Waals surface area contributed by atoms with Crippen LogP contribution in [0.5, 0.6) is 0 Å². The molecule has 0 aromatic rings. The van der Waals surface area contributed by atoms with Gasteiger partial charge in [-0.25, -0.2) is 0 Å². The van der Waals surface area contributed by atoms with Crippen LogP contribution in [0.2, 0.25) is 0 Å². The van der Waals surface area contributed by atoms with E-state index in [1.54, 1.807) is 7.11 Å².